The third-order valence-corrected chi connectivity index (χ3v) is 6.97. The lowest BCUT2D eigenvalue weighted by atomic mass is 10.0. The van der Waals surface area contributed by atoms with Crippen molar-refractivity contribution in [2.45, 2.75) is 19.0 Å². The molecule has 5 rings (SSSR count). The van der Waals surface area contributed by atoms with Gasteiger partial charge in [0.15, 0.2) is 5.11 Å². The van der Waals surface area contributed by atoms with Crippen LogP contribution < -0.4 is 10.2 Å². The van der Waals surface area contributed by atoms with Crippen LogP contribution in [0, 0.1) is 6.92 Å². The van der Waals surface area contributed by atoms with Gasteiger partial charge in [0, 0.05) is 39.0 Å². The number of halogens is 2. The minimum Gasteiger partial charge on any atom is -0.351 e. The molecule has 0 radical (unpaired) electrons. The summed E-state index contributed by atoms with van der Waals surface area (Å²) in [5.41, 5.74) is 5.17. The molecule has 1 saturated heterocycles. The Bertz CT molecular complexity index is 1270. The molecular weight excluding hydrogens is 504 g/mol. The van der Waals surface area contributed by atoms with Gasteiger partial charge in [-0.2, -0.15) is 0 Å². The molecule has 0 amide bonds. The second kappa shape index (κ2) is 8.70. The van der Waals surface area contributed by atoms with Crippen LogP contribution in [0.5, 0.6) is 0 Å². The molecule has 4 nitrogen and oxygen atoms in total. The van der Waals surface area contributed by atoms with Crippen LogP contribution in [0.2, 0.25) is 5.02 Å². The molecule has 1 fully saturated rings. The SMILES string of the molecule is Cc1cc(-n2cccc2[C@H]2[C@H](c3ccccn3)NC(=S)N2c2ccc(Br)cc2)ccc1Cl. The number of hydrogen-bond acceptors (Lipinski definition) is 2. The number of anilines is 1. The van der Waals surface area contributed by atoms with Crippen molar-refractivity contribution >= 4 is 50.5 Å². The lowest BCUT2D eigenvalue weighted by Crippen LogP contribution is -2.30. The van der Waals surface area contributed by atoms with E-state index >= 15 is 0 Å². The van der Waals surface area contributed by atoms with Gasteiger partial charge in [-0.3, -0.25) is 4.98 Å². The molecule has 0 bridgehead atoms. The standard InChI is InChI=1S/C25H20BrClN4S/c1-16-15-19(11-12-20(16)27)30-14-4-6-22(30)24-23(21-5-2-3-13-28-21)29-25(32)31(24)18-9-7-17(26)8-10-18/h2-15,23-24H,1H3,(H,29,32)/t23-,24-/m0/s1. The van der Waals surface area contributed by atoms with E-state index in [2.05, 4.69) is 72.2 Å². The minimum atomic E-state index is -0.102. The average Bonchev–Trinajstić information content (AvgIpc) is 3.41. The normalized spacial score (nSPS) is 18.1. The second-order valence-electron chi connectivity index (χ2n) is 7.71. The summed E-state index contributed by atoms with van der Waals surface area (Å²) in [6, 6.07) is 24.3. The van der Waals surface area contributed by atoms with Crippen molar-refractivity contribution in [1.82, 2.24) is 14.9 Å². The van der Waals surface area contributed by atoms with Crippen molar-refractivity contribution in [3.8, 4) is 5.69 Å². The van der Waals surface area contributed by atoms with E-state index in [1.807, 2.05) is 55.6 Å². The van der Waals surface area contributed by atoms with Gasteiger partial charge in [-0.1, -0.05) is 33.6 Å². The van der Waals surface area contributed by atoms with Crippen LogP contribution in [-0.4, -0.2) is 14.7 Å². The Morgan fingerprint density at radius 2 is 1.78 bits per heavy atom. The maximum absolute atomic E-state index is 6.29. The number of thiocarbonyl (C=S) groups is 1. The van der Waals surface area contributed by atoms with Crippen LogP contribution >= 0.6 is 39.7 Å². The van der Waals surface area contributed by atoms with Crippen LogP contribution in [0.15, 0.2) is 89.7 Å². The maximum atomic E-state index is 6.29. The van der Waals surface area contributed by atoms with Gasteiger partial charge in [0.1, 0.15) is 6.04 Å². The van der Waals surface area contributed by atoms with Gasteiger partial charge in [0.2, 0.25) is 0 Å². The lowest BCUT2D eigenvalue weighted by Gasteiger charge is -2.29. The van der Waals surface area contributed by atoms with Gasteiger partial charge in [0.25, 0.3) is 0 Å². The highest BCUT2D eigenvalue weighted by Gasteiger charge is 2.42. The Hall–Kier alpha value is -2.67. The first-order chi connectivity index (χ1) is 15.5. The molecule has 0 spiro atoms. The molecule has 7 heteroatoms. The molecule has 160 valence electrons. The number of benzene rings is 2. The first-order valence-electron chi connectivity index (χ1n) is 10.2. The molecule has 0 saturated carbocycles. The molecule has 0 aliphatic carbocycles. The second-order valence-corrected chi connectivity index (χ2v) is 9.42. The van der Waals surface area contributed by atoms with E-state index in [1.165, 1.54) is 0 Å². The Kier molecular flexibility index (Phi) is 5.76. The van der Waals surface area contributed by atoms with Crippen LogP contribution in [0.3, 0.4) is 0 Å². The molecule has 1 N–H and O–H groups in total. The van der Waals surface area contributed by atoms with Gasteiger partial charge in [-0.15, -0.1) is 0 Å². The van der Waals surface area contributed by atoms with E-state index in [1.54, 1.807) is 0 Å². The van der Waals surface area contributed by atoms with Crippen LogP contribution in [0.4, 0.5) is 5.69 Å². The molecule has 1 aliphatic rings. The maximum Gasteiger partial charge on any atom is 0.174 e. The van der Waals surface area contributed by atoms with Gasteiger partial charge in [-0.05, 0) is 91.4 Å². The number of nitrogens with zero attached hydrogens (tertiary/aromatic N) is 3. The number of nitrogens with one attached hydrogen (secondary N) is 1. The zero-order valence-electron chi connectivity index (χ0n) is 17.2. The quantitative estimate of drug-likeness (QED) is 0.299. The lowest BCUT2D eigenvalue weighted by molar-refractivity contribution is 0.549. The van der Waals surface area contributed by atoms with E-state index in [-0.39, 0.29) is 12.1 Å². The summed E-state index contributed by atoms with van der Waals surface area (Å²) in [5, 5.41) is 4.95. The summed E-state index contributed by atoms with van der Waals surface area (Å²) >= 11 is 15.7. The zero-order chi connectivity index (χ0) is 22.2. The smallest absolute Gasteiger partial charge is 0.174 e. The number of hydrogen-bond donors (Lipinski definition) is 1. The zero-order valence-corrected chi connectivity index (χ0v) is 20.4. The number of pyridine rings is 1. The first-order valence-corrected chi connectivity index (χ1v) is 11.8. The molecule has 3 heterocycles. The van der Waals surface area contributed by atoms with Crippen molar-refractivity contribution in [2.75, 3.05) is 4.90 Å². The molecule has 2 atom stereocenters. The van der Waals surface area contributed by atoms with Crippen molar-refractivity contribution in [3.63, 3.8) is 0 Å². The fraction of sp³-hybridized carbons (Fsp3) is 0.120. The highest BCUT2D eigenvalue weighted by molar-refractivity contribution is 9.10. The Morgan fingerprint density at radius 1 is 1.00 bits per heavy atom. The number of aryl methyl sites for hydroxylation is 1. The monoisotopic (exact) mass is 522 g/mol. The summed E-state index contributed by atoms with van der Waals surface area (Å²) in [4.78, 5) is 6.82. The van der Waals surface area contributed by atoms with Crippen LogP contribution in [0.25, 0.3) is 5.69 Å². The molecule has 1 aliphatic heterocycles. The van der Waals surface area contributed by atoms with E-state index in [0.717, 1.165) is 37.8 Å². The molecule has 2 aromatic heterocycles. The van der Waals surface area contributed by atoms with E-state index in [9.17, 15) is 0 Å². The molecule has 32 heavy (non-hydrogen) atoms. The average molecular weight is 524 g/mol. The van der Waals surface area contributed by atoms with E-state index < -0.39 is 0 Å². The third kappa shape index (κ3) is 3.83. The van der Waals surface area contributed by atoms with E-state index in [4.69, 9.17) is 23.8 Å². The molecular formula is C25H20BrClN4S. The minimum absolute atomic E-state index is 0.0930. The molecule has 4 aromatic rings. The molecule has 0 unspecified atom stereocenters. The summed E-state index contributed by atoms with van der Waals surface area (Å²) in [6.07, 6.45) is 3.90. The van der Waals surface area contributed by atoms with Gasteiger partial charge in [0.05, 0.1) is 11.7 Å². The van der Waals surface area contributed by atoms with Crippen molar-refractivity contribution in [1.29, 1.82) is 0 Å². The number of aromatic nitrogens is 2. The van der Waals surface area contributed by atoms with Gasteiger partial charge in [-0.25, -0.2) is 0 Å². The Labute approximate surface area is 206 Å². The van der Waals surface area contributed by atoms with E-state index in [0.29, 0.717) is 5.11 Å². The highest BCUT2D eigenvalue weighted by Crippen LogP contribution is 2.42. The van der Waals surface area contributed by atoms with Crippen molar-refractivity contribution in [3.05, 3.63) is 112 Å². The molecule has 2 aromatic carbocycles. The highest BCUT2D eigenvalue weighted by atomic mass is 79.9. The Balaban J connectivity index is 1.67. The van der Waals surface area contributed by atoms with Crippen molar-refractivity contribution in [2.24, 2.45) is 0 Å². The summed E-state index contributed by atoms with van der Waals surface area (Å²) < 4.78 is 3.22. The fourth-order valence-corrected chi connectivity index (χ4v) is 4.91. The largest absolute Gasteiger partial charge is 0.351 e. The topological polar surface area (TPSA) is 33.1 Å². The summed E-state index contributed by atoms with van der Waals surface area (Å²) in [6.45, 7) is 2.02. The third-order valence-electron chi connectivity index (χ3n) is 5.71. The van der Waals surface area contributed by atoms with Crippen LogP contribution in [-0.2, 0) is 0 Å². The van der Waals surface area contributed by atoms with Crippen molar-refractivity contribution < 1.29 is 0 Å². The predicted molar refractivity (Wildman–Crippen MR) is 138 cm³/mol. The predicted octanol–water partition coefficient (Wildman–Crippen LogP) is 6.77. The first kappa shape index (κ1) is 21.2. The summed E-state index contributed by atoms with van der Waals surface area (Å²) in [7, 11) is 0. The van der Waals surface area contributed by atoms with Crippen LogP contribution in [0.1, 0.15) is 29.0 Å². The Morgan fingerprint density at radius 3 is 2.50 bits per heavy atom. The van der Waals surface area contributed by atoms with Gasteiger partial charge < -0.3 is 14.8 Å². The number of rotatable bonds is 4. The summed E-state index contributed by atoms with van der Waals surface area (Å²) in [5.74, 6) is 0. The van der Waals surface area contributed by atoms with Gasteiger partial charge >= 0.3 is 0 Å². The fourth-order valence-electron chi connectivity index (χ4n) is 4.18.